The second-order valence-corrected chi connectivity index (χ2v) is 5.46. The number of amides is 1. The maximum Gasteiger partial charge on any atom is 0.279 e. The van der Waals surface area contributed by atoms with E-state index in [9.17, 15) is 25.0 Å². The molecule has 1 aliphatic heterocycles. The molecule has 26 heavy (non-hydrogen) atoms. The van der Waals surface area contributed by atoms with Crippen LogP contribution >= 0.6 is 0 Å². The fourth-order valence-electron chi connectivity index (χ4n) is 2.53. The van der Waals surface area contributed by atoms with Crippen molar-refractivity contribution < 1.29 is 24.1 Å². The number of carbonyl (C=O) groups excluding carboxylic acids is 1. The van der Waals surface area contributed by atoms with Gasteiger partial charge in [0.25, 0.3) is 17.3 Å². The van der Waals surface area contributed by atoms with E-state index in [1.54, 1.807) is 18.2 Å². The van der Waals surface area contributed by atoms with Crippen molar-refractivity contribution in [3.05, 3.63) is 61.7 Å². The van der Waals surface area contributed by atoms with Crippen molar-refractivity contribution in [3.8, 4) is 11.5 Å². The molecule has 10 nitrogen and oxygen atoms in total. The van der Waals surface area contributed by atoms with Gasteiger partial charge in [0.05, 0.1) is 21.5 Å². The highest BCUT2D eigenvalue weighted by atomic mass is 16.6. The number of rotatable bonds is 4. The van der Waals surface area contributed by atoms with Crippen molar-refractivity contribution in [2.24, 2.45) is 0 Å². The number of non-ortho nitro benzene ring substituents is 1. The summed E-state index contributed by atoms with van der Waals surface area (Å²) in [4.78, 5) is 33.1. The third kappa shape index (κ3) is 3.24. The topological polar surface area (TPSA) is 134 Å². The number of nitro benzene ring substituents is 2. The molecule has 1 N–H and O–H groups in total. The van der Waals surface area contributed by atoms with Crippen molar-refractivity contribution in [1.82, 2.24) is 0 Å². The largest absolute Gasteiger partial charge is 0.486 e. The van der Waals surface area contributed by atoms with Gasteiger partial charge in [-0.1, -0.05) is 0 Å². The van der Waals surface area contributed by atoms with Gasteiger partial charge >= 0.3 is 0 Å². The molecule has 1 amide bonds. The van der Waals surface area contributed by atoms with Crippen molar-refractivity contribution >= 4 is 23.0 Å². The number of nitrogens with one attached hydrogen (secondary N) is 1. The van der Waals surface area contributed by atoms with Crippen LogP contribution in [-0.4, -0.2) is 29.0 Å². The molecule has 0 unspecified atom stereocenters. The second-order valence-electron chi connectivity index (χ2n) is 5.46. The van der Waals surface area contributed by atoms with Crippen LogP contribution < -0.4 is 14.8 Å². The van der Waals surface area contributed by atoms with Crippen LogP contribution in [0.4, 0.5) is 17.1 Å². The Bertz CT molecular complexity index is 926. The number of anilines is 1. The highest BCUT2D eigenvalue weighted by molar-refractivity contribution is 6.06. The van der Waals surface area contributed by atoms with Crippen molar-refractivity contribution in [2.45, 2.75) is 6.92 Å². The van der Waals surface area contributed by atoms with Crippen molar-refractivity contribution in [3.63, 3.8) is 0 Å². The second kappa shape index (κ2) is 6.67. The zero-order valence-electron chi connectivity index (χ0n) is 13.6. The van der Waals surface area contributed by atoms with Crippen molar-refractivity contribution in [2.75, 3.05) is 18.5 Å². The molecule has 0 fully saturated rings. The fraction of sp³-hybridized carbons (Fsp3) is 0.188. The Morgan fingerprint density at radius 1 is 1.04 bits per heavy atom. The Balaban J connectivity index is 1.94. The van der Waals surface area contributed by atoms with Gasteiger partial charge in [-0.05, 0) is 19.1 Å². The first-order valence-electron chi connectivity index (χ1n) is 7.51. The van der Waals surface area contributed by atoms with E-state index in [4.69, 9.17) is 9.47 Å². The zero-order valence-corrected chi connectivity index (χ0v) is 13.6. The average Bonchev–Trinajstić information content (AvgIpc) is 2.61. The average molecular weight is 359 g/mol. The van der Waals surface area contributed by atoms with E-state index in [0.29, 0.717) is 30.4 Å². The Hall–Kier alpha value is -3.69. The van der Waals surface area contributed by atoms with Gasteiger partial charge in [-0.15, -0.1) is 0 Å². The van der Waals surface area contributed by atoms with Gasteiger partial charge in [-0.25, -0.2) is 0 Å². The van der Waals surface area contributed by atoms with E-state index >= 15 is 0 Å². The maximum absolute atomic E-state index is 12.5. The lowest BCUT2D eigenvalue weighted by Gasteiger charge is -2.19. The number of benzene rings is 2. The Morgan fingerprint density at radius 2 is 1.73 bits per heavy atom. The van der Waals surface area contributed by atoms with Crippen LogP contribution in [0.1, 0.15) is 15.9 Å². The molecule has 0 radical (unpaired) electrons. The molecular weight excluding hydrogens is 346 g/mol. The van der Waals surface area contributed by atoms with Crippen LogP contribution in [0.3, 0.4) is 0 Å². The minimum absolute atomic E-state index is 0.0376. The van der Waals surface area contributed by atoms with Gasteiger partial charge in [0.15, 0.2) is 11.5 Å². The predicted octanol–water partition coefficient (Wildman–Crippen LogP) is 2.83. The molecule has 0 atom stereocenters. The predicted molar refractivity (Wildman–Crippen MR) is 89.9 cm³/mol. The number of ether oxygens (including phenoxy) is 2. The lowest BCUT2D eigenvalue weighted by atomic mass is 10.0. The van der Waals surface area contributed by atoms with Crippen LogP contribution in [0, 0.1) is 27.2 Å². The van der Waals surface area contributed by atoms with E-state index in [1.807, 2.05) is 0 Å². The first kappa shape index (κ1) is 17.1. The van der Waals surface area contributed by atoms with E-state index in [2.05, 4.69) is 5.32 Å². The summed E-state index contributed by atoms with van der Waals surface area (Å²) >= 11 is 0. The summed E-state index contributed by atoms with van der Waals surface area (Å²) in [6, 6.07) is 6.58. The number of nitro groups is 2. The van der Waals surface area contributed by atoms with Gasteiger partial charge in [-0.3, -0.25) is 25.0 Å². The smallest absolute Gasteiger partial charge is 0.279 e. The molecule has 0 saturated carbocycles. The molecule has 0 saturated heterocycles. The molecule has 0 aliphatic carbocycles. The highest BCUT2D eigenvalue weighted by Gasteiger charge is 2.25. The van der Waals surface area contributed by atoms with Gasteiger partial charge in [0, 0.05) is 23.4 Å². The first-order valence-corrected chi connectivity index (χ1v) is 7.51. The Labute approximate surface area is 146 Å². The summed E-state index contributed by atoms with van der Waals surface area (Å²) in [5.74, 6) is 0.290. The van der Waals surface area contributed by atoms with Crippen LogP contribution in [0.2, 0.25) is 0 Å². The van der Waals surface area contributed by atoms with Gasteiger partial charge in [0.2, 0.25) is 0 Å². The third-order valence-corrected chi connectivity index (χ3v) is 3.82. The van der Waals surface area contributed by atoms with Crippen LogP contribution in [0.15, 0.2) is 30.3 Å². The minimum Gasteiger partial charge on any atom is -0.486 e. The minimum atomic E-state index is -0.784. The lowest BCUT2D eigenvalue weighted by molar-refractivity contribution is -0.394. The van der Waals surface area contributed by atoms with Crippen LogP contribution in [0.5, 0.6) is 11.5 Å². The number of fused-ring (bicyclic) bond motifs is 1. The van der Waals surface area contributed by atoms with E-state index in [1.165, 1.54) is 6.92 Å². The van der Waals surface area contributed by atoms with Gasteiger partial charge in [-0.2, -0.15) is 0 Å². The fourth-order valence-corrected chi connectivity index (χ4v) is 2.53. The van der Waals surface area contributed by atoms with E-state index in [0.717, 1.165) is 12.1 Å². The summed E-state index contributed by atoms with van der Waals surface area (Å²) in [6.45, 7) is 2.16. The van der Waals surface area contributed by atoms with E-state index in [-0.39, 0.29) is 11.1 Å². The monoisotopic (exact) mass is 359 g/mol. The lowest BCUT2D eigenvalue weighted by Crippen LogP contribution is -2.17. The summed E-state index contributed by atoms with van der Waals surface area (Å²) in [7, 11) is 0. The Kier molecular flexibility index (Phi) is 4.40. The molecular formula is C16H13N3O7. The van der Waals surface area contributed by atoms with Gasteiger partial charge in [0.1, 0.15) is 13.2 Å². The third-order valence-electron chi connectivity index (χ3n) is 3.82. The molecule has 0 aromatic heterocycles. The molecule has 1 aliphatic rings. The summed E-state index contributed by atoms with van der Waals surface area (Å²) in [6.07, 6.45) is 0. The van der Waals surface area contributed by atoms with Crippen molar-refractivity contribution in [1.29, 1.82) is 0 Å². The molecule has 0 spiro atoms. The molecule has 2 aromatic rings. The maximum atomic E-state index is 12.5. The number of hydrogen-bond acceptors (Lipinski definition) is 7. The summed E-state index contributed by atoms with van der Waals surface area (Å²) in [5.41, 5.74) is -0.773. The summed E-state index contributed by atoms with van der Waals surface area (Å²) in [5, 5.41) is 24.7. The Morgan fingerprint density at radius 3 is 2.38 bits per heavy atom. The number of hydrogen-bond donors (Lipinski definition) is 1. The molecule has 134 valence electrons. The standard InChI is InChI=1S/C16H13N3O7/c1-9-12(7-11(18(21)22)8-13(9)19(23)24)16(20)17-10-2-3-14-15(6-10)26-5-4-25-14/h2-3,6-8H,4-5H2,1H3,(H,17,20). The van der Waals surface area contributed by atoms with Crippen LogP contribution in [-0.2, 0) is 0 Å². The molecule has 1 heterocycles. The zero-order chi connectivity index (χ0) is 18.8. The van der Waals surface area contributed by atoms with Gasteiger partial charge < -0.3 is 14.8 Å². The van der Waals surface area contributed by atoms with Crippen LogP contribution in [0.25, 0.3) is 0 Å². The molecule has 0 bridgehead atoms. The summed E-state index contributed by atoms with van der Waals surface area (Å²) < 4.78 is 10.8. The number of carbonyl (C=O) groups is 1. The first-order chi connectivity index (χ1) is 12.4. The normalized spacial score (nSPS) is 12.3. The quantitative estimate of drug-likeness (QED) is 0.655. The molecule has 3 rings (SSSR count). The molecule has 10 heteroatoms. The SMILES string of the molecule is Cc1c(C(=O)Nc2ccc3c(c2)OCCO3)cc([N+](=O)[O-])cc1[N+](=O)[O-]. The van der Waals surface area contributed by atoms with E-state index < -0.39 is 27.1 Å². The number of nitrogens with zero attached hydrogens (tertiary/aromatic N) is 2. The molecule has 2 aromatic carbocycles. The highest BCUT2D eigenvalue weighted by Crippen LogP contribution is 2.33.